The van der Waals surface area contributed by atoms with Gasteiger partial charge in [-0.1, -0.05) is 0 Å². The average Bonchev–Trinajstić information content (AvgIpc) is 2.72. The van der Waals surface area contributed by atoms with Crippen LogP contribution in [0.5, 0.6) is 0 Å². The van der Waals surface area contributed by atoms with Crippen molar-refractivity contribution in [3.63, 3.8) is 0 Å². The van der Waals surface area contributed by atoms with Crippen molar-refractivity contribution in [2.75, 3.05) is 33.9 Å². The van der Waals surface area contributed by atoms with Gasteiger partial charge in [0.05, 0.1) is 0 Å². The summed E-state index contributed by atoms with van der Waals surface area (Å²) in [6.07, 6.45) is 3.11. The van der Waals surface area contributed by atoms with Gasteiger partial charge in [-0.25, -0.2) is 0 Å². The predicted octanol–water partition coefficient (Wildman–Crippen LogP) is 0.702. The van der Waals surface area contributed by atoms with Crippen LogP contribution in [0.15, 0.2) is 18.3 Å². The quantitative estimate of drug-likeness (QED) is 0.797. The molecule has 0 saturated heterocycles. The Bertz CT molecular complexity index is 415. The average molecular weight is 265 g/mol. The number of aromatic nitrogens is 1. The van der Waals surface area contributed by atoms with Crippen molar-refractivity contribution in [1.82, 2.24) is 14.8 Å². The molecule has 5 nitrogen and oxygen atoms in total. The highest BCUT2D eigenvalue weighted by Crippen LogP contribution is 2.13. The molecule has 1 amide bonds. The molecule has 1 aromatic rings. The van der Waals surface area contributed by atoms with Crippen LogP contribution in [-0.4, -0.2) is 49.2 Å². The largest absolute Gasteiger partial charge is 0.372 e. The van der Waals surface area contributed by atoms with Gasteiger partial charge in [0, 0.05) is 52.2 Å². The third kappa shape index (κ3) is 4.08. The van der Waals surface area contributed by atoms with Crippen LogP contribution in [0.2, 0.25) is 0 Å². The molecule has 1 aliphatic heterocycles. The molecular formula is C14H23N3O2. The summed E-state index contributed by atoms with van der Waals surface area (Å²) in [6, 6.07) is 4.24. The van der Waals surface area contributed by atoms with Gasteiger partial charge in [0.1, 0.15) is 6.61 Å². The molecule has 0 radical (unpaired) electrons. The Kier molecular flexibility index (Phi) is 4.99. The van der Waals surface area contributed by atoms with Crippen LogP contribution in [-0.2, 0) is 22.6 Å². The standard InChI is InChI=1S/C14H23N3O2/c1-16(2)14(18)11-19-7-5-12-8-15-9-13-4-3-6-17(13)10-12/h3-4,6,12,15H,5,7-11H2,1-2H3. The van der Waals surface area contributed by atoms with E-state index < -0.39 is 0 Å². The van der Waals surface area contributed by atoms with E-state index in [1.54, 1.807) is 19.0 Å². The molecule has 0 spiro atoms. The molecule has 2 heterocycles. The minimum Gasteiger partial charge on any atom is -0.372 e. The van der Waals surface area contributed by atoms with Gasteiger partial charge >= 0.3 is 0 Å². The van der Waals surface area contributed by atoms with Crippen molar-refractivity contribution in [3.05, 3.63) is 24.0 Å². The van der Waals surface area contributed by atoms with Gasteiger partial charge in [-0.15, -0.1) is 0 Å². The zero-order valence-electron chi connectivity index (χ0n) is 11.8. The van der Waals surface area contributed by atoms with E-state index in [0.717, 1.165) is 26.1 Å². The first-order chi connectivity index (χ1) is 9.16. The third-order valence-electron chi connectivity index (χ3n) is 3.51. The van der Waals surface area contributed by atoms with Crippen LogP contribution in [0, 0.1) is 5.92 Å². The van der Waals surface area contributed by atoms with E-state index >= 15 is 0 Å². The zero-order chi connectivity index (χ0) is 13.7. The van der Waals surface area contributed by atoms with E-state index in [1.165, 1.54) is 5.69 Å². The monoisotopic (exact) mass is 265 g/mol. The first-order valence-electron chi connectivity index (χ1n) is 6.79. The molecule has 106 valence electrons. The minimum absolute atomic E-state index is 0.0201. The summed E-state index contributed by atoms with van der Waals surface area (Å²) in [4.78, 5) is 12.9. The number of likely N-dealkylation sites (N-methyl/N-ethyl adjacent to an activating group) is 1. The van der Waals surface area contributed by atoms with Crippen molar-refractivity contribution in [3.8, 4) is 0 Å². The summed E-state index contributed by atoms with van der Waals surface area (Å²) in [5.74, 6) is 0.579. The molecule has 5 heteroatoms. The van der Waals surface area contributed by atoms with Crippen molar-refractivity contribution in [2.45, 2.75) is 19.5 Å². The van der Waals surface area contributed by atoms with Crippen molar-refractivity contribution in [1.29, 1.82) is 0 Å². The summed E-state index contributed by atoms with van der Waals surface area (Å²) in [7, 11) is 3.49. The lowest BCUT2D eigenvalue weighted by Gasteiger charge is -2.16. The molecule has 0 saturated carbocycles. The molecule has 0 aromatic carbocycles. The lowest BCUT2D eigenvalue weighted by atomic mass is 10.1. The van der Waals surface area contributed by atoms with Crippen LogP contribution in [0.25, 0.3) is 0 Å². The SMILES string of the molecule is CN(C)C(=O)COCCC1CNCc2cccn2C1. The normalized spacial score (nSPS) is 18.7. The maximum absolute atomic E-state index is 11.4. The van der Waals surface area contributed by atoms with E-state index in [1.807, 2.05) is 0 Å². The maximum Gasteiger partial charge on any atom is 0.248 e. The highest BCUT2D eigenvalue weighted by Gasteiger charge is 2.15. The number of carbonyl (C=O) groups is 1. The van der Waals surface area contributed by atoms with Crippen LogP contribution in [0.4, 0.5) is 0 Å². The van der Waals surface area contributed by atoms with Crippen LogP contribution < -0.4 is 5.32 Å². The first kappa shape index (κ1) is 14.1. The Morgan fingerprint density at radius 2 is 2.42 bits per heavy atom. The topological polar surface area (TPSA) is 46.5 Å². The Balaban J connectivity index is 1.71. The number of carbonyl (C=O) groups excluding carboxylic acids is 1. The van der Waals surface area contributed by atoms with E-state index in [9.17, 15) is 4.79 Å². The Morgan fingerprint density at radius 1 is 1.58 bits per heavy atom. The fourth-order valence-corrected chi connectivity index (χ4v) is 2.27. The number of rotatable bonds is 5. The number of nitrogens with zero attached hydrogens (tertiary/aromatic N) is 2. The predicted molar refractivity (Wildman–Crippen MR) is 73.8 cm³/mol. The van der Waals surface area contributed by atoms with E-state index in [4.69, 9.17) is 4.74 Å². The lowest BCUT2D eigenvalue weighted by molar-refractivity contribution is -0.133. The van der Waals surface area contributed by atoms with Gasteiger partial charge in [-0.3, -0.25) is 4.79 Å². The smallest absolute Gasteiger partial charge is 0.248 e. The number of hydrogen-bond acceptors (Lipinski definition) is 3. The highest BCUT2D eigenvalue weighted by molar-refractivity contribution is 5.76. The van der Waals surface area contributed by atoms with Crippen LogP contribution in [0.1, 0.15) is 12.1 Å². The second-order valence-electron chi connectivity index (χ2n) is 5.28. The second-order valence-corrected chi connectivity index (χ2v) is 5.28. The molecular weight excluding hydrogens is 242 g/mol. The molecule has 0 aliphatic carbocycles. The van der Waals surface area contributed by atoms with Crippen molar-refractivity contribution < 1.29 is 9.53 Å². The van der Waals surface area contributed by atoms with Crippen molar-refractivity contribution in [2.24, 2.45) is 5.92 Å². The van der Waals surface area contributed by atoms with Gasteiger partial charge in [0.25, 0.3) is 0 Å². The molecule has 0 fully saturated rings. The maximum atomic E-state index is 11.4. The zero-order valence-corrected chi connectivity index (χ0v) is 11.8. The van der Waals surface area contributed by atoms with E-state index in [-0.39, 0.29) is 12.5 Å². The molecule has 1 aromatic heterocycles. The number of hydrogen-bond donors (Lipinski definition) is 1. The van der Waals surface area contributed by atoms with Crippen molar-refractivity contribution >= 4 is 5.91 Å². The Morgan fingerprint density at radius 3 is 3.21 bits per heavy atom. The number of nitrogens with one attached hydrogen (secondary N) is 1. The summed E-state index contributed by atoms with van der Waals surface area (Å²) < 4.78 is 7.74. The molecule has 1 atom stereocenters. The fourth-order valence-electron chi connectivity index (χ4n) is 2.27. The minimum atomic E-state index is 0.0201. The summed E-state index contributed by atoms with van der Waals surface area (Å²) >= 11 is 0. The Hall–Kier alpha value is -1.33. The molecule has 1 aliphatic rings. The summed E-state index contributed by atoms with van der Waals surface area (Å²) in [5.41, 5.74) is 1.34. The Labute approximate surface area is 114 Å². The number of amides is 1. The number of ether oxygens (including phenoxy) is 1. The van der Waals surface area contributed by atoms with Gasteiger partial charge < -0.3 is 19.5 Å². The van der Waals surface area contributed by atoms with Gasteiger partial charge in [-0.2, -0.15) is 0 Å². The molecule has 1 N–H and O–H groups in total. The number of fused-ring (bicyclic) bond motifs is 1. The first-order valence-corrected chi connectivity index (χ1v) is 6.79. The lowest BCUT2D eigenvalue weighted by Crippen LogP contribution is -2.27. The van der Waals surface area contributed by atoms with E-state index in [2.05, 4.69) is 28.2 Å². The highest BCUT2D eigenvalue weighted by atomic mass is 16.5. The molecule has 0 bridgehead atoms. The van der Waals surface area contributed by atoms with Gasteiger partial charge in [-0.05, 0) is 24.5 Å². The molecule has 1 unspecified atom stereocenters. The van der Waals surface area contributed by atoms with Gasteiger partial charge in [0.15, 0.2) is 0 Å². The third-order valence-corrected chi connectivity index (χ3v) is 3.51. The summed E-state index contributed by atoms with van der Waals surface area (Å²) in [5, 5.41) is 3.46. The summed E-state index contributed by atoms with van der Waals surface area (Å²) in [6.45, 7) is 3.79. The molecule has 19 heavy (non-hydrogen) atoms. The fraction of sp³-hybridized carbons (Fsp3) is 0.643. The van der Waals surface area contributed by atoms with Crippen LogP contribution in [0.3, 0.4) is 0 Å². The second kappa shape index (κ2) is 6.73. The molecule has 2 rings (SSSR count). The van der Waals surface area contributed by atoms with E-state index in [0.29, 0.717) is 12.5 Å². The van der Waals surface area contributed by atoms with Crippen LogP contribution >= 0.6 is 0 Å². The van der Waals surface area contributed by atoms with Gasteiger partial charge in [0.2, 0.25) is 5.91 Å².